The maximum atomic E-state index is 7.07. The second-order valence-corrected chi connectivity index (χ2v) is 11.7. The van der Waals surface area contributed by atoms with Crippen LogP contribution in [0.2, 0.25) is 0 Å². The van der Waals surface area contributed by atoms with Gasteiger partial charge in [-0.2, -0.15) is 0 Å². The van der Waals surface area contributed by atoms with E-state index in [2.05, 4.69) is 140 Å². The Labute approximate surface area is 250 Å². The van der Waals surface area contributed by atoms with Crippen molar-refractivity contribution in [3.8, 4) is 22.3 Å². The Bertz CT molecular complexity index is 2310. The maximum absolute atomic E-state index is 7.07. The van der Waals surface area contributed by atoms with E-state index in [4.69, 9.17) is 11.5 Å². The zero-order valence-electron chi connectivity index (χ0n) is 23.5. The Morgan fingerprint density at radius 2 is 1.02 bits per heavy atom. The number of rotatable bonds is 3. The molecule has 0 radical (unpaired) electrons. The van der Waals surface area contributed by atoms with Crippen molar-refractivity contribution in [1.29, 1.82) is 0 Å². The molecule has 1 aliphatic carbocycles. The van der Waals surface area contributed by atoms with Gasteiger partial charge < -0.3 is 11.5 Å². The number of nitrogens with two attached hydrogens (primary N) is 2. The number of hydrogen-bond donors (Lipinski definition) is 2. The molecule has 0 saturated carbocycles. The van der Waals surface area contributed by atoms with Gasteiger partial charge in [0.2, 0.25) is 0 Å². The first-order valence-corrected chi connectivity index (χ1v) is 14.8. The van der Waals surface area contributed by atoms with E-state index in [0.717, 1.165) is 33.3 Å². The molecule has 0 aromatic heterocycles. The minimum absolute atomic E-state index is 0.562. The highest BCUT2D eigenvalue weighted by Crippen LogP contribution is 2.59. The van der Waals surface area contributed by atoms with Crippen molar-refractivity contribution in [3.63, 3.8) is 0 Å². The van der Waals surface area contributed by atoms with E-state index in [1.807, 2.05) is 6.07 Å². The molecular weight excluding hydrogens is 520 g/mol. The Balaban J connectivity index is 1.57. The van der Waals surface area contributed by atoms with Gasteiger partial charge in [-0.3, -0.25) is 0 Å². The SMILES string of the molecule is Nc1ccc2ccc3c(N)c(-c4ccccc4)cc4c(C5(c6ccccc6)c6ccccc6-c6ccccc65)cc1c2c43. The summed E-state index contributed by atoms with van der Waals surface area (Å²) in [4.78, 5) is 0. The molecule has 9 rings (SSSR count). The van der Waals surface area contributed by atoms with Gasteiger partial charge in [-0.05, 0) is 78.7 Å². The second kappa shape index (κ2) is 8.70. The van der Waals surface area contributed by atoms with Crippen molar-refractivity contribution in [3.05, 3.63) is 168 Å². The van der Waals surface area contributed by atoms with Crippen LogP contribution in [0.3, 0.4) is 0 Å². The number of benzene rings is 8. The Morgan fingerprint density at radius 3 is 1.72 bits per heavy atom. The fourth-order valence-electron chi connectivity index (χ4n) is 7.84. The van der Waals surface area contributed by atoms with Crippen LogP contribution >= 0.6 is 0 Å². The molecule has 0 aliphatic heterocycles. The van der Waals surface area contributed by atoms with E-state index in [9.17, 15) is 0 Å². The van der Waals surface area contributed by atoms with Gasteiger partial charge in [0.1, 0.15) is 0 Å². The third kappa shape index (κ3) is 3.07. The highest BCUT2D eigenvalue weighted by molar-refractivity contribution is 6.29. The first-order valence-electron chi connectivity index (χ1n) is 14.8. The quantitative estimate of drug-likeness (QED) is 0.171. The monoisotopic (exact) mass is 548 g/mol. The van der Waals surface area contributed by atoms with Crippen LogP contribution in [0.1, 0.15) is 22.3 Å². The summed E-state index contributed by atoms with van der Waals surface area (Å²) in [6.07, 6.45) is 0. The van der Waals surface area contributed by atoms with Crippen LogP contribution in [0.4, 0.5) is 11.4 Å². The number of nitrogen functional groups attached to an aromatic ring is 2. The average Bonchev–Trinajstić information content (AvgIpc) is 3.37. The molecule has 0 spiro atoms. The Morgan fingerprint density at radius 1 is 0.419 bits per heavy atom. The zero-order chi connectivity index (χ0) is 28.7. The molecule has 8 aromatic rings. The Hall–Kier alpha value is -5.60. The summed E-state index contributed by atoms with van der Waals surface area (Å²) < 4.78 is 0. The lowest BCUT2D eigenvalue weighted by molar-refractivity contribution is 0.777. The van der Waals surface area contributed by atoms with Crippen LogP contribution in [-0.4, -0.2) is 0 Å². The summed E-state index contributed by atoms with van der Waals surface area (Å²) in [5.41, 5.74) is 24.6. The topological polar surface area (TPSA) is 52.0 Å². The van der Waals surface area contributed by atoms with Crippen LogP contribution in [0.25, 0.3) is 54.6 Å². The summed E-state index contributed by atoms with van der Waals surface area (Å²) in [6.45, 7) is 0. The summed E-state index contributed by atoms with van der Waals surface area (Å²) in [6, 6.07) is 52.5. The van der Waals surface area contributed by atoms with Crippen LogP contribution in [0.15, 0.2) is 146 Å². The minimum Gasteiger partial charge on any atom is -0.398 e. The van der Waals surface area contributed by atoms with E-state index in [0.29, 0.717) is 0 Å². The van der Waals surface area contributed by atoms with Gasteiger partial charge in [0.15, 0.2) is 0 Å². The lowest BCUT2D eigenvalue weighted by Gasteiger charge is -2.36. The van der Waals surface area contributed by atoms with E-state index >= 15 is 0 Å². The summed E-state index contributed by atoms with van der Waals surface area (Å²) in [5.74, 6) is 0. The van der Waals surface area contributed by atoms with Crippen LogP contribution in [-0.2, 0) is 5.41 Å². The van der Waals surface area contributed by atoms with Crippen LogP contribution in [0, 0.1) is 0 Å². The predicted molar refractivity (Wildman–Crippen MR) is 182 cm³/mol. The molecule has 1 aliphatic rings. The fraction of sp³-hybridized carbons (Fsp3) is 0.0244. The molecule has 2 nitrogen and oxygen atoms in total. The largest absolute Gasteiger partial charge is 0.398 e. The molecular formula is C41H28N2. The Kier molecular flexibility index (Phi) is 4.87. The normalized spacial score (nSPS) is 13.5. The van der Waals surface area contributed by atoms with Crippen molar-refractivity contribution < 1.29 is 0 Å². The molecule has 0 atom stereocenters. The number of anilines is 2. The maximum Gasteiger partial charge on any atom is 0.0719 e. The van der Waals surface area contributed by atoms with Gasteiger partial charge >= 0.3 is 0 Å². The summed E-state index contributed by atoms with van der Waals surface area (Å²) in [5, 5.41) is 6.83. The van der Waals surface area contributed by atoms with Crippen LogP contribution < -0.4 is 11.5 Å². The van der Waals surface area contributed by atoms with Crippen molar-refractivity contribution >= 4 is 43.7 Å². The van der Waals surface area contributed by atoms with Gasteiger partial charge in [-0.1, -0.05) is 127 Å². The van der Waals surface area contributed by atoms with Crippen LogP contribution in [0.5, 0.6) is 0 Å². The third-order valence-electron chi connectivity index (χ3n) is 9.63. The average molecular weight is 549 g/mol. The number of hydrogen-bond acceptors (Lipinski definition) is 2. The third-order valence-corrected chi connectivity index (χ3v) is 9.63. The zero-order valence-corrected chi connectivity index (χ0v) is 23.5. The molecule has 0 fully saturated rings. The molecule has 4 N–H and O–H groups in total. The molecule has 0 heterocycles. The molecule has 0 amide bonds. The first kappa shape index (κ1) is 24.0. The highest BCUT2D eigenvalue weighted by atomic mass is 14.6. The fourth-order valence-corrected chi connectivity index (χ4v) is 7.84. The van der Waals surface area contributed by atoms with Gasteiger partial charge in [-0.25, -0.2) is 0 Å². The van der Waals surface area contributed by atoms with E-state index in [1.54, 1.807) is 0 Å². The van der Waals surface area contributed by atoms with Gasteiger partial charge in [0, 0.05) is 27.7 Å². The summed E-state index contributed by atoms with van der Waals surface area (Å²) >= 11 is 0. The smallest absolute Gasteiger partial charge is 0.0719 e. The summed E-state index contributed by atoms with van der Waals surface area (Å²) in [7, 11) is 0. The van der Waals surface area contributed by atoms with Gasteiger partial charge in [-0.15, -0.1) is 0 Å². The van der Waals surface area contributed by atoms with Crippen molar-refractivity contribution in [2.45, 2.75) is 5.41 Å². The van der Waals surface area contributed by atoms with Gasteiger partial charge in [0.25, 0.3) is 0 Å². The molecule has 8 aromatic carbocycles. The lowest BCUT2D eigenvalue weighted by Crippen LogP contribution is -2.29. The van der Waals surface area contributed by atoms with E-state index < -0.39 is 5.41 Å². The molecule has 0 bridgehead atoms. The first-order chi connectivity index (χ1) is 21.2. The second-order valence-electron chi connectivity index (χ2n) is 11.7. The van der Waals surface area contributed by atoms with E-state index in [1.165, 1.54) is 54.9 Å². The standard InChI is InChI=1S/C41H28N2/c42-37-22-20-26-19-21-30-39-32(23-31(40(30)43)25-11-3-1-4-12-25)36(24-33(37)38(26)39)41(27-13-5-2-6-14-27)34-17-9-7-15-28(34)29-16-8-10-18-35(29)41/h1-24H,42-43H2. The molecule has 43 heavy (non-hydrogen) atoms. The number of fused-ring (bicyclic) bond motifs is 3. The molecule has 202 valence electrons. The van der Waals surface area contributed by atoms with Crippen molar-refractivity contribution in [2.24, 2.45) is 0 Å². The molecule has 0 unspecified atom stereocenters. The van der Waals surface area contributed by atoms with Gasteiger partial charge in [0.05, 0.1) is 5.41 Å². The molecule has 0 saturated heterocycles. The van der Waals surface area contributed by atoms with E-state index in [-0.39, 0.29) is 0 Å². The lowest BCUT2D eigenvalue weighted by atomic mass is 9.65. The predicted octanol–water partition coefficient (Wildman–Crippen LogP) is 9.78. The van der Waals surface area contributed by atoms with Crippen molar-refractivity contribution in [1.82, 2.24) is 0 Å². The highest BCUT2D eigenvalue weighted by Gasteiger charge is 2.47. The van der Waals surface area contributed by atoms with Crippen molar-refractivity contribution in [2.75, 3.05) is 11.5 Å². The minimum atomic E-state index is -0.562. The molecule has 2 heteroatoms.